The van der Waals surface area contributed by atoms with E-state index in [1.165, 1.54) is 0 Å². The van der Waals surface area contributed by atoms with E-state index in [1.807, 2.05) is 41.4 Å². The largest absolute Gasteiger partial charge is 0.380 e. The number of piperidine rings is 1. The molecule has 16 nitrogen and oxygen atoms in total. The van der Waals surface area contributed by atoms with Gasteiger partial charge in [-0.05, 0) is 55.2 Å². The second kappa shape index (κ2) is 17.1. The zero-order valence-electron chi connectivity index (χ0n) is 32.8. The summed E-state index contributed by atoms with van der Waals surface area (Å²) in [5.41, 5.74) is 3.83. The van der Waals surface area contributed by atoms with Crippen LogP contribution in [0.1, 0.15) is 77.4 Å². The first-order valence-corrected chi connectivity index (χ1v) is 21.0. The fraction of sp³-hybridized carbons (Fsp3) is 0.463. The number of rotatable bonds is 13. The number of benzene rings is 1. The Labute approximate surface area is 340 Å². The number of pyridine rings is 1. The van der Waals surface area contributed by atoms with Crippen LogP contribution in [0.15, 0.2) is 53.7 Å². The zero-order chi connectivity index (χ0) is 40.3. The highest BCUT2D eigenvalue weighted by Crippen LogP contribution is 2.36. The lowest BCUT2D eigenvalue weighted by atomic mass is 10.0. The normalized spacial score (nSPS) is 18.6. The monoisotopic (exact) mass is 808 g/mol. The Bertz CT molecular complexity index is 2210. The van der Waals surface area contributed by atoms with Crippen molar-refractivity contribution in [2.45, 2.75) is 68.5 Å². The van der Waals surface area contributed by atoms with Crippen LogP contribution in [0.25, 0.3) is 11.0 Å². The molecule has 2 N–H and O–H groups in total. The van der Waals surface area contributed by atoms with E-state index in [9.17, 15) is 24.0 Å². The van der Waals surface area contributed by atoms with Gasteiger partial charge in [0.25, 0.3) is 11.8 Å². The molecule has 8 rings (SSSR count). The van der Waals surface area contributed by atoms with Crippen LogP contribution in [-0.4, -0.2) is 129 Å². The first-order valence-electron chi connectivity index (χ1n) is 20.0. The predicted molar refractivity (Wildman–Crippen MR) is 218 cm³/mol. The van der Waals surface area contributed by atoms with E-state index in [4.69, 9.17) is 9.72 Å². The van der Waals surface area contributed by atoms with E-state index in [0.717, 1.165) is 52.9 Å². The molecule has 304 valence electrons. The van der Waals surface area contributed by atoms with E-state index in [0.29, 0.717) is 87.6 Å². The molecular formula is C41H48N10O6S. The second-order valence-electron chi connectivity index (χ2n) is 15.3. The molecule has 0 radical (unpaired) electrons. The summed E-state index contributed by atoms with van der Waals surface area (Å²) < 4.78 is 7.92. The molecule has 1 atom stereocenters. The maximum absolute atomic E-state index is 13.1. The third-order valence-corrected chi connectivity index (χ3v) is 12.4. The van der Waals surface area contributed by atoms with Crippen LogP contribution in [0.2, 0.25) is 0 Å². The number of imide groups is 1. The Balaban J connectivity index is 0.771. The number of nitrogens with zero attached hydrogens (tertiary/aromatic N) is 8. The SMILES string of the molecule is CN(C)C(=O)c1cc2cnc(Nc3ccc(N4CCN(C(=O)CCOCCSc5cccc6c5CN(C5CCC(=O)NC5=O)C6=O)CC4)cn3)nc2n1C1CCCC1. The number of nitrogens with one attached hydrogen (secondary N) is 2. The molecule has 3 aliphatic heterocycles. The molecule has 3 aromatic heterocycles. The minimum absolute atomic E-state index is 0.0460. The fourth-order valence-corrected chi connectivity index (χ4v) is 9.24. The van der Waals surface area contributed by atoms with Gasteiger partial charge in [0.2, 0.25) is 23.7 Å². The molecule has 5 amide bonds. The highest BCUT2D eigenvalue weighted by molar-refractivity contribution is 7.99. The lowest BCUT2D eigenvalue weighted by Crippen LogP contribution is -2.52. The number of hydrogen-bond donors (Lipinski definition) is 2. The summed E-state index contributed by atoms with van der Waals surface area (Å²) in [6.07, 6.45) is 8.73. The molecular weight excluding hydrogens is 761 g/mol. The number of fused-ring (bicyclic) bond motifs is 2. The number of ether oxygens (including phenoxy) is 1. The van der Waals surface area contributed by atoms with Crippen molar-refractivity contribution in [1.29, 1.82) is 0 Å². The molecule has 3 fully saturated rings. The molecule has 2 saturated heterocycles. The Kier molecular flexibility index (Phi) is 11.6. The highest BCUT2D eigenvalue weighted by atomic mass is 32.2. The summed E-state index contributed by atoms with van der Waals surface area (Å²) in [4.78, 5) is 85.4. The van der Waals surface area contributed by atoms with Crippen molar-refractivity contribution >= 4 is 69.8 Å². The average Bonchev–Trinajstić information content (AvgIpc) is 3.97. The van der Waals surface area contributed by atoms with Gasteiger partial charge in [-0.2, -0.15) is 4.98 Å². The maximum atomic E-state index is 13.1. The minimum atomic E-state index is -0.645. The standard InChI is InChI=1S/C41H48N10O6S/c1-47(2)40(56)32-22-26-23-43-41(46-37(26)51(32)27-6-3-4-7-27)44-34-12-10-28(24-42-34)48-15-17-49(18-16-48)36(53)14-19-57-20-21-58-33-9-5-8-29-30(33)25-50(39(29)55)31-11-13-35(52)45-38(31)54/h5,8-10,12,22-24,27,31H,3-4,6-7,11,13-21,25H2,1-2H3,(H,45,52,54)(H,42,43,44,46). The van der Waals surface area contributed by atoms with Gasteiger partial charge in [-0.25, -0.2) is 9.97 Å². The molecule has 1 unspecified atom stereocenters. The fourth-order valence-electron chi connectivity index (χ4n) is 8.29. The number of anilines is 3. The van der Waals surface area contributed by atoms with Crippen LogP contribution in [0.3, 0.4) is 0 Å². The van der Waals surface area contributed by atoms with Crippen molar-refractivity contribution in [3.63, 3.8) is 0 Å². The Morgan fingerprint density at radius 2 is 1.79 bits per heavy atom. The maximum Gasteiger partial charge on any atom is 0.270 e. The van der Waals surface area contributed by atoms with Crippen molar-refractivity contribution in [1.82, 2.24) is 39.5 Å². The zero-order valence-corrected chi connectivity index (χ0v) is 33.6. The Morgan fingerprint density at radius 1 is 0.983 bits per heavy atom. The Hall–Kier alpha value is -5.55. The number of thioether (sulfide) groups is 1. The van der Waals surface area contributed by atoms with Crippen molar-refractivity contribution in [2.75, 3.05) is 69.5 Å². The first kappa shape index (κ1) is 39.3. The number of carbonyl (C=O) groups is 5. The van der Waals surface area contributed by atoms with Crippen molar-refractivity contribution in [3.8, 4) is 0 Å². The number of piperazine rings is 1. The molecule has 4 aliphatic rings. The van der Waals surface area contributed by atoms with Gasteiger partial charge in [0.15, 0.2) is 0 Å². The van der Waals surface area contributed by atoms with Crippen LogP contribution >= 0.6 is 11.8 Å². The lowest BCUT2D eigenvalue weighted by molar-refractivity contribution is -0.137. The number of amides is 5. The molecule has 4 aromatic rings. The van der Waals surface area contributed by atoms with Gasteiger partial charge >= 0.3 is 0 Å². The summed E-state index contributed by atoms with van der Waals surface area (Å²) in [5, 5.41) is 6.41. The predicted octanol–water partition coefficient (Wildman–Crippen LogP) is 4.00. The number of carbonyl (C=O) groups excluding carboxylic acids is 5. The Morgan fingerprint density at radius 3 is 2.53 bits per heavy atom. The van der Waals surface area contributed by atoms with E-state index >= 15 is 0 Å². The van der Waals surface area contributed by atoms with Gasteiger partial charge in [0, 0.05) is 87.1 Å². The van der Waals surface area contributed by atoms with E-state index in [2.05, 4.69) is 30.1 Å². The van der Waals surface area contributed by atoms with Gasteiger partial charge in [-0.15, -0.1) is 11.8 Å². The summed E-state index contributed by atoms with van der Waals surface area (Å²) in [7, 11) is 3.53. The molecule has 1 aromatic carbocycles. The molecule has 17 heteroatoms. The summed E-state index contributed by atoms with van der Waals surface area (Å²) in [6.45, 7) is 3.70. The quantitative estimate of drug-likeness (QED) is 0.113. The van der Waals surface area contributed by atoms with Gasteiger partial charge in [-0.1, -0.05) is 18.9 Å². The van der Waals surface area contributed by atoms with Crippen LogP contribution < -0.4 is 15.5 Å². The van der Waals surface area contributed by atoms with Crippen LogP contribution in [0.4, 0.5) is 17.5 Å². The van der Waals surface area contributed by atoms with Crippen LogP contribution in [-0.2, 0) is 25.7 Å². The topological polar surface area (TPSA) is 175 Å². The van der Waals surface area contributed by atoms with Crippen LogP contribution in [0.5, 0.6) is 0 Å². The number of hydrogen-bond acceptors (Lipinski definition) is 12. The summed E-state index contributed by atoms with van der Waals surface area (Å²) >= 11 is 1.58. The molecule has 0 spiro atoms. The van der Waals surface area contributed by atoms with Gasteiger partial charge in [-0.3, -0.25) is 29.3 Å². The van der Waals surface area contributed by atoms with Gasteiger partial charge < -0.3 is 34.2 Å². The molecule has 6 heterocycles. The third-order valence-electron chi connectivity index (χ3n) is 11.4. The van der Waals surface area contributed by atoms with E-state index in [1.54, 1.807) is 47.9 Å². The summed E-state index contributed by atoms with van der Waals surface area (Å²) in [5.74, 6) is 0.775. The van der Waals surface area contributed by atoms with Crippen molar-refractivity contribution in [3.05, 3.63) is 65.6 Å². The highest BCUT2D eigenvalue weighted by Gasteiger charge is 2.40. The van der Waals surface area contributed by atoms with Crippen LogP contribution in [0, 0.1) is 0 Å². The van der Waals surface area contributed by atoms with E-state index < -0.39 is 11.9 Å². The minimum Gasteiger partial charge on any atom is -0.380 e. The lowest BCUT2D eigenvalue weighted by Gasteiger charge is -2.36. The number of aromatic nitrogens is 4. The van der Waals surface area contributed by atoms with Crippen molar-refractivity contribution in [2.24, 2.45) is 0 Å². The second-order valence-corrected chi connectivity index (χ2v) is 16.4. The third kappa shape index (κ3) is 8.23. The van der Waals surface area contributed by atoms with Gasteiger partial charge in [0.05, 0.1) is 31.5 Å². The molecule has 1 saturated carbocycles. The summed E-state index contributed by atoms with van der Waals surface area (Å²) in [6, 6.07) is 11.0. The molecule has 0 bridgehead atoms. The molecule has 1 aliphatic carbocycles. The average molecular weight is 809 g/mol. The first-order chi connectivity index (χ1) is 28.1. The molecule has 58 heavy (non-hydrogen) atoms. The smallest absolute Gasteiger partial charge is 0.270 e. The van der Waals surface area contributed by atoms with E-state index in [-0.39, 0.29) is 36.1 Å². The van der Waals surface area contributed by atoms with Gasteiger partial charge in [0.1, 0.15) is 23.2 Å². The van der Waals surface area contributed by atoms with Crippen molar-refractivity contribution < 1.29 is 28.7 Å².